The highest BCUT2D eigenvalue weighted by Crippen LogP contribution is 2.40. The molecular formula is C50H65N9O7. The van der Waals surface area contributed by atoms with Gasteiger partial charge in [0, 0.05) is 73.2 Å². The highest BCUT2D eigenvalue weighted by molar-refractivity contribution is 5.98. The average Bonchev–Trinajstić information content (AvgIpc) is 4.05. The van der Waals surface area contributed by atoms with E-state index in [1.807, 2.05) is 90.9 Å². The SMILES string of the molecule is Cc1cc(C(=O)CC2C[C@]3(CCN(C(=O)OC(C)(C)C)C3)CN2)ccc1-c1ccc(C[C@H](NC(=O)C2CCC(CNC(=O)OC(C)(C)C)CC2)C(=O)Nc2ccc(-c3nn[nH]n3)cc2)cc1. The van der Waals surface area contributed by atoms with Crippen LogP contribution >= 0.6 is 0 Å². The van der Waals surface area contributed by atoms with Crippen LogP contribution in [0.3, 0.4) is 0 Å². The number of alkyl carbamates (subject to hydrolysis) is 1. The monoisotopic (exact) mass is 904 g/mol. The third-order valence-electron chi connectivity index (χ3n) is 12.8. The third kappa shape index (κ3) is 12.8. The number of hydrogen-bond acceptors (Lipinski definition) is 11. The summed E-state index contributed by atoms with van der Waals surface area (Å²) in [7, 11) is 0. The molecule has 0 radical (unpaired) electrons. The normalized spacial score (nSPS) is 21.3. The van der Waals surface area contributed by atoms with Gasteiger partial charge in [0.05, 0.1) is 0 Å². The zero-order valence-electron chi connectivity index (χ0n) is 39.3. The molecule has 1 unspecified atom stereocenters. The number of amides is 4. The van der Waals surface area contributed by atoms with E-state index < -0.39 is 23.3 Å². The molecule has 16 heteroatoms. The van der Waals surface area contributed by atoms with Gasteiger partial charge < -0.3 is 35.6 Å². The Hall–Kier alpha value is -6.16. The van der Waals surface area contributed by atoms with E-state index in [0.717, 1.165) is 60.0 Å². The van der Waals surface area contributed by atoms with Crippen LogP contribution in [0.15, 0.2) is 66.7 Å². The first-order valence-corrected chi connectivity index (χ1v) is 23.2. The molecule has 2 aliphatic heterocycles. The van der Waals surface area contributed by atoms with Gasteiger partial charge in [0.15, 0.2) is 5.78 Å². The Morgan fingerprint density at radius 1 is 0.879 bits per heavy atom. The number of carbonyl (C=O) groups is 5. The number of benzene rings is 3. The van der Waals surface area contributed by atoms with Gasteiger partial charge in [0.2, 0.25) is 17.6 Å². The van der Waals surface area contributed by atoms with E-state index in [-0.39, 0.29) is 53.4 Å². The maximum atomic E-state index is 14.0. The third-order valence-corrected chi connectivity index (χ3v) is 12.8. The standard InChI is InChI=1S/C50H65N9O7/c1-31-24-37(42(60)26-39-27-50(29-52-39)22-23-59(30-50)47(64)66-49(5,6)7)18-21-40(31)34-12-8-32(9-13-34)25-41(45(62)53-38-19-16-35(17-20-38)43-55-57-58-56-43)54-44(61)36-14-10-33(11-15-36)28-51-46(63)65-48(2,3)4/h8-9,12-13,16-21,24,33,36,39,41,52H,10-11,14-15,22-23,25-30H2,1-7H3,(H,51,63)(H,53,62)(H,54,61)(H,55,56,57,58)/t33?,36?,39?,41-,50+/m0/s1. The van der Waals surface area contributed by atoms with Crippen LogP contribution in [0, 0.1) is 24.2 Å². The lowest BCUT2D eigenvalue weighted by Crippen LogP contribution is -2.48. The number of carbonyl (C=O) groups excluding carboxylic acids is 5. The van der Waals surface area contributed by atoms with Crippen molar-refractivity contribution in [2.45, 2.75) is 123 Å². The van der Waals surface area contributed by atoms with Crippen LogP contribution in [0.5, 0.6) is 0 Å². The Morgan fingerprint density at radius 2 is 1.58 bits per heavy atom. The molecule has 3 fully saturated rings. The van der Waals surface area contributed by atoms with Crippen molar-refractivity contribution in [3.05, 3.63) is 83.4 Å². The van der Waals surface area contributed by atoms with Crippen molar-refractivity contribution in [2.24, 2.45) is 17.3 Å². The molecule has 3 atom stereocenters. The van der Waals surface area contributed by atoms with Crippen LogP contribution in [0.25, 0.3) is 22.5 Å². The van der Waals surface area contributed by atoms with Crippen molar-refractivity contribution in [3.63, 3.8) is 0 Å². The molecule has 1 saturated carbocycles. The minimum atomic E-state index is -0.861. The molecule has 3 aliphatic rings. The molecule has 2 saturated heterocycles. The predicted molar refractivity (Wildman–Crippen MR) is 250 cm³/mol. The largest absolute Gasteiger partial charge is 0.444 e. The maximum absolute atomic E-state index is 14.0. The maximum Gasteiger partial charge on any atom is 0.410 e. The van der Waals surface area contributed by atoms with Crippen LogP contribution < -0.4 is 21.3 Å². The van der Waals surface area contributed by atoms with Gasteiger partial charge in [-0.1, -0.05) is 36.4 Å². The lowest BCUT2D eigenvalue weighted by Gasteiger charge is -2.29. The number of ketones is 1. The summed E-state index contributed by atoms with van der Waals surface area (Å²) in [6, 6.07) is 20.0. The molecule has 352 valence electrons. The average molecular weight is 904 g/mol. The van der Waals surface area contributed by atoms with E-state index >= 15 is 0 Å². The fourth-order valence-electron chi connectivity index (χ4n) is 9.34. The van der Waals surface area contributed by atoms with Gasteiger partial charge in [-0.25, -0.2) is 9.59 Å². The molecule has 5 N–H and O–H groups in total. The van der Waals surface area contributed by atoms with Gasteiger partial charge in [0.25, 0.3) is 0 Å². The lowest BCUT2D eigenvalue weighted by atomic mass is 9.81. The van der Waals surface area contributed by atoms with Crippen molar-refractivity contribution < 1.29 is 33.4 Å². The number of anilines is 1. The molecule has 3 aromatic carbocycles. The van der Waals surface area contributed by atoms with E-state index in [0.29, 0.717) is 56.0 Å². The number of aromatic nitrogens is 4. The number of rotatable bonds is 13. The first-order chi connectivity index (χ1) is 31.3. The van der Waals surface area contributed by atoms with E-state index in [1.165, 1.54) is 0 Å². The van der Waals surface area contributed by atoms with E-state index in [4.69, 9.17) is 9.47 Å². The molecule has 7 rings (SSSR count). The molecular weight excluding hydrogens is 839 g/mol. The second-order valence-corrected chi connectivity index (χ2v) is 20.5. The van der Waals surface area contributed by atoms with Crippen molar-refractivity contribution in [3.8, 4) is 22.5 Å². The highest BCUT2D eigenvalue weighted by atomic mass is 16.6. The molecule has 16 nitrogen and oxygen atoms in total. The van der Waals surface area contributed by atoms with Crippen molar-refractivity contribution >= 4 is 35.5 Å². The molecule has 66 heavy (non-hydrogen) atoms. The van der Waals surface area contributed by atoms with Crippen molar-refractivity contribution in [1.29, 1.82) is 0 Å². The van der Waals surface area contributed by atoms with Crippen LogP contribution in [0.4, 0.5) is 15.3 Å². The van der Waals surface area contributed by atoms with Crippen molar-refractivity contribution in [1.82, 2.24) is 41.5 Å². The Morgan fingerprint density at radius 3 is 2.23 bits per heavy atom. The number of aromatic amines is 1. The Labute approximate surface area is 387 Å². The van der Waals surface area contributed by atoms with Gasteiger partial charge in [0.1, 0.15) is 17.2 Å². The number of likely N-dealkylation sites (tertiary alicyclic amines) is 1. The highest BCUT2D eigenvalue weighted by Gasteiger charge is 2.46. The predicted octanol–water partition coefficient (Wildman–Crippen LogP) is 7.40. The number of tetrazole rings is 1. The smallest absolute Gasteiger partial charge is 0.410 e. The summed E-state index contributed by atoms with van der Waals surface area (Å²) in [6.45, 7) is 15.6. The van der Waals surface area contributed by atoms with Crippen molar-refractivity contribution in [2.75, 3.05) is 31.5 Å². The molecule has 0 bridgehead atoms. The quantitative estimate of drug-likeness (QED) is 0.0835. The Bertz CT molecular complexity index is 2350. The molecule has 4 amide bonds. The number of nitrogens with zero attached hydrogens (tertiary/aromatic N) is 4. The zero-order chi connectivity index (χ0) is 47.2. The fourth-order valence-corrected chi connectivity index (χ4v) is 9.34. The Kier molecular flexibility index (Phi) is 14.6. The number of aryl methyl sites for hydroxylation is 1. The first-order valence-electron chi connectivity index (χ1n) is 23.2. The van der Waals surface area contributed by atoms with Gasteiger partial charge in [-0.2, -0.15) is 5.21 Å². The molecule has 4 aromatic rings. The number of nitrogens with one attached hydrogen (secondary N) is 5. The number of Topliss-reactive ketones (excluding diaryl/α,β-unsaturated/α-hetero) is 1. The Balaban J connectivity index is 0.962. The summed E-state index contributed by atoms with van der Waals surface area (Å²) in [6.07, 6.45) is 4.46. The summed E-state index contributed by atoms with van der Waals surface area (Å²) in [4.78, 5) is 68.0. The number of ether oxygens (including phenoxy) is 2. The van der Waals surface area contributed by atoms with Crippen LogP contribution in [0.1, 0.15) is 108 Å². The van der Waals surface area contributed by atoms with Crippen LogP contribution in [-0.4, -0.2) is 105 Å². The van der Waals surface area contributed by atoms with Crippen LogP contribution in [0.2, 0.25) is 0 Å². The van der Waals surface area contributed by atoms with E-state index in [1.54, 1.807) is 29.2 Å². The fraction of sp³-hybridized carbons (Fsp3) is 0.520. The summed E-state index contributed by atoms with van der Waals surface area (Å²) >= 11 is 0. The lowest BCUT2D eigenvalue weighted by molar-refractivity contribution is -0.130. The zero-order valence-corrected chi connectivity index (χ0v) is 39.3. The summed E-state index contributed by atoms with van der Waals surface area (Å²) in [5.41, 5.74) is 4.58. The molecule has 1 aromatic heterocycles. The molecule has 1 aliphatic carbocycles. The second-order valence-electron chi connectivity index (χ2n) is 20.5. The molecule has 3 heterocycles. The first kappa shape index (κ1) is 47.8. The van der Waals surface area contributed by atoms with Gasteiger partial charge in [-0.3, -0.25) is 14.4 Å². The summed E-state index contributed by atoms with van der Waals surface area (Å²) < 4.78 is 11.0. The van der Waals surface area contributed by atoms with E-state index in [2.05, 4.69) is 41.9 Å². The van der Waals surface area contributed by atoms with E-state index in [9.17, 15) is 24.0 Å². The van der Waals surface area contributed by atoms with Gasteiger partial charge in [-0.15, -0.1) is 10.2 Å². The summed E-state index contributed by atoms with van der Waals surface area (Å²) in [5.74, 6) is -0.0382. The minimum absolute atomic E-state index is 0.0393. The summed E-state index contributed by atoms with van der Waals surface area (Å²) in [5, 5.41) is 26.6. The minimum Gasteiger partial charge on any atom is -0.444 e. The second kappa shape index (κ2) is 20.1. The number of H-pyrrole nitrogens is 1. The van der Waals surface area contributed by atoms with Gasteiger partial charge >= 0.3 is 12.2 Å². The van der Waals surface area contributed by atoms with Crippen LogP contribution in [-0.2, 0) is 25.5 Å². The molecule has 1 spiro atoms. The number of hydrogen-bond donors (Lipinski definition) is 5. The van der Waals surface area contributed by atoms with Gasteiger partial charge in [-0.05, 0) is 151 Å². The topological polar surface area (TPSA) is 210 Å².